The Morgan fingerprint density at radius 1 is 0.462 bits per heavy atom. The van der Waals surface area contributed by atoms with E-state index in [1.807, 2.05) is 0 Å². The average molecular weight is 1030 g/mol. The van der Waals surface area contributed by atoms with E-state index in [2.05, 4.69) is 188 Å². The van der Waals surface area contributed by atoms with Gasteiger partial charge in [-0.1, -0.05) is 143 Å². The van der Waals surface area contributed by atoms with Gasteiger partial charge in [0.05, 0.1) is 9.79 Å². The van der Waals surface area contributed by atoms with E-state index in [1.54, 1.807) is 34.8 Å². The van der Waals surface area contributed by atoms with E-state index in [4.69, 9.17) is 0 Å². The van der Waals surface area contributed by atoms with E-state index in [-0.39, 0.29) is 0 Å². The number of sulfone groups is 1. The number of unbranched alkanes of at least 4 members (excludes halogenated alkanes) is 2. The van der Waals surface area contributed by atoms with Crippen molar-refractivity contribution >= 4 is 148 Å². The molecule has 4 nitrogen and oxygen atoms in total. The van der Waals surface area contributed by atoms with Gasteiger partial charge >= 0.3 is 0 Å². The van der Waals surface area contributed by atoms with Crippen LogP contribution < -0.4 is 0 Å². The summed E-state index contributed by atoms with van der Waals surface area (Å²) in [5.41, 5.74) is 9.43. The molecule has 0 bridgehead atoms. The predicted octanol–water partition coefficient (Wildman–Crippen LogP) is 17.9. The smallest absolute Gasteiger partial charge is 0.208 e. The van der Waals surface area contributed by atoms with Crippen LogP contribution in [0.2, 0.25) is 0 Å². The Bertz CT molecular complexity index is 3790. The summed E-state index contributed by atoms with van der Waals surface area (Å²) < 4.78 is 41.6. The van der Waals surface area contributed by atoms with Crippen LogP contribution in [0.5, 0.6) is 0 Å². The van der Waals surface area contributed by atoms with Crippen molar-refractivity contribution in [1.29, 1.82) is 0 Å². The summed E-state index contributed by atoms with van der Waals surface area (Å²) >= 11 is 10.8. The zero-order valence-corrected chi connectivity index (χ0v) is 41.4. The van der Waals surface area contributed by atoms with Gasteiger partial charge in [0, 0.05) is 106 Å². The Labute approximate surface area is 401 Å². The Balaban J connectivity index is 1.02. The van der Waals surface area contributed by atoms with Crippen LogP contribution in [0.4, 0.5) is 0 Å². The summed E-state index contributed by atoms with van der Waals surface area (Å²) in [4.78, 5) is 0.610. The number of nitrogens with zero attached hydrogens (tertiary/aromatic N) is 2. The summed E-state index contributed by atoms with van der Waals surface area (Å²) in [7, 11) is -4.08. The fourth-order valence-corrected chi connectivity index (χ4v) is 16.3. The summed E-state index contributed by atoms with van der Waals surface area (Å²) in [6, 6.07) is 51.4. The highest BCUT2D eigenvalue weighted by Gasteiger charge is 2.29. The molecule has 0 fully saturated rings. The summed E-state index contributed by atoms with van der Waals surface area (Å²) in [6.45, 7) is 6.43. The highest BCUT2D eigenvalue weighted by Crippen LogP contribution is 2.49. The number of fused-ring (bicyclic) bond motifs is 12. The van der Waals surface area contributed by atoms with Crippen LogP contribution >= 0.6 is 54.5 Å². The van der Waals surface area contributed by atoms with E-state index < -0.39 is 9.84 Å². The maximum atomic E-state index is 15.6. The van der Waals surface area contributed by atoms with Crippen molar-refractivity contribution in [3.63, 3.8) is 0 Å². The molecule has 0 radical (unpaired) electrons. The van der Waals surface area contributed by atoms with E-state index >= 15 is 8.42 Å². The van der Waals surface area contributed by atoms with Gasteiger partial charge in [0.25, 0.3) is 0 Å². The molecule has 320 valence electrons. The summed E-state index contributed by atoms with van der Waals surface area (Å²) in [5.74, 6) is 0. The number of aromatic nitrogens is 2. The van der Waals surface area contributed by atoms with E-state index in [1.165, 1.54) is 43.6 Å². The predicted molar refractivity (Wildman–Crippen MR) is 286 cm³/mol. The zero-order chi connectivity index (χ0) is 44.1. The van der Waals surface area contributed by atoms with Crippen LogP contribution in [0.3, 0.4) is 0 Å². The molecule has 9 heteroatoms. The first-order valence-electron chi connectivity index (χ1n) is 22.3. The van der Waals surface area contributed by atoms with Gasteiger partial charge in [0.1, 0.15) is 0 Å². The first kappa shape index (κ1) is 41.2. The van der Waals surface area contributed by atoms with Crippen LogP contribution in [0.1, 0.15) is 39.5 Å². The molecule has 12 rings (SSSR count). The van der Waals surface area contributed by atoms with Crippen LogP contribution in [0.15, 0.2) is 164 Å². The first-order valence-corrected chi connectivity index (χ1v) is 27.0. The zero-order valence-electron chi connectivity index (χ0n) is 35.8. The second kappa shape index (κ2) is 16.0. The van der Waals surface area contributed by atoms with E-state index in [9.17, 15) is 0 Å². The summed E-state index contributed by atoms with van der Waals surface area (Å²) in [6.07, 6.45) is 4.51. The molecule has 4 aromatic heterocycles. The summed E-state index contributed by atoms with van der Waals surface area (Å²) in [5, 5.41) is 8.36. The normalized spacial score (nSPS) is 12.5. The van der Waals surface area contributed by atoms with Gasteiger partial charge in [-0.3, -0.25) is 0 Å². The number of hydrogen-bond donors (Lipinski definition) is 0. The number of rotatable bonds is 10. The van der Waals surface area contributed by atoms with Gasteiger partial charge in [-0.25, -0.2) is 8.42 Å². The lowest BCUT2D eigenvalue weighted by Crippen LogP contribution is -2.03. The molecular weight excluding hydrogens is 989 g/mol. The Morgan fingerprint density at radius 3 is 1.32 bits per heavy atom. The molecule has 8 aromatic carbocycles. The molecule has 0 saturated carbocycles. The lowest BCUT2D eigenvalue weighted by molar-refractivity contribution is 0.598. The number of aryl methyl sites for hydroxylation is 2. The number of halogens is 2. The number of para-hydroxylation sites is 2. The third-order valence-electron chi connectivity index (χ3n) is 13.3. The third-order valence-corrected chi connectivity index (χ3v) is 18.4. The van der Waals surface area contributed by atoms with Crippen molar-refractivity contribution in [2.45, 2.75) is 62.4 Å². The van der Waals surface area contributed by atoms with Gasteiger partial charge in [-0.15, -0.1) is 22.7 Å². The molecule has 0 aliphatic carbocycles. The minimum absolute atomic E-state index is 0.305. The van der Waals surface area contributed by atoms with Crippen molar-refractivity contribution in [1.82, 2.24) is 9.13 Å². The fourth-order valence-electron chi connectivity index (χ4n) is 10.3. The molecule has 0 aliphatic rings. The fraction of sp³-hybridized carbons (Fsp3) is 0.143. The van der Waals surface area contributed by atoms with E-state index in [0.717, 1.165) is 110 Å². The third kappa shape index (κ3) is 6.48. The Hall–Kier alpha value is -5.29. The quantitative estimate of drug-likeness (QED) is 0.137. The molecule has 12 aromatic rings. The van der Waals surface area contributed by atoms with Crippen molar-refractivity contribution in [3.05, 3.63) is 155 Å². The average Bonchev–Trinajstić information content (AvgIpc) is 4.06. The van der Waals surface area contributed by atoms with Crippen LogP contribution in [0, 0.1) is 0 Å². The topological polar surface area (TPSA) is 44.0 Å². The lowest BCUT2D eigenvalue weighted by Gasteiger charge is -2.11. The minimum atomic E-state index is -4.08. The second-order valence-corrected chi connectivity index (χ2v) is 23.0. The molecule has 0 spiro atoms. The maximum absolute atomic E-state index is 15.6. The monoisotopic (exact) mass is 1030 g/mol. The Morgan fingerprint density at radius 2 is 0.877 bits per heavy atom. The maximum Gasteiger partial charge on any atom is 0.208 e. The van der Waals surface area contributed by atoms with Crippen LogP contribution in [-0.2, 0) is 22.9 Å². The number of hydrogen-bond acceptors (Lipinski definition) is 4. The number of benzene rings is 8. The van der Waals surface area contributed by atoms with Crippen molar-refractivity contribution in [2.75, 3.05) is 0 Å². The van der Waals surface area contributed by atoms with Gasteiger partial charge < -0.3 is 9.13 Å². The number of thiophene rings is 2. The molecule has 0 saturated heterocycles. The highest BCUT2D eigenvalue weighted by atomic mass is 79.9. The molecule has 0 unspecified atom stereocenters. The molecule has 0 amide bonds. The standard InChI is InChI=1S/C56H42Br2N2O2S3/c1-3-5-25-59-45-19-9-7-13-39(45)43-27-33(21-23-47(43)59)37-15-11-17-41-53-49(63-55(37)41)29-35(57)31-51(53)65(61,62)52-32-36(58)30-50-54(52)42-18-12-16-38(56(42)64-50)34-22-24-48-44(28-34)40-14-8-10-20-46(40)60(48)26-6-4-2/h7-24,27-32H,3-6,25-26H2,1-2H3. The SMILES string of the molecule is CCCCn1c2ccccc2c2cc(-c3cccc4c3sc3cc(Br)cc(S(=O)(=O)c5cc(Br)cc6sc7c(-c8ccc9c(c8)c8ccccc8n9CCCC)cccc7c56)c34)ccc21. The van der Waals surface area contributed by atoms with Gasteiger partial charge in [0.15, 0.2) is 0 Å². The molecule has 0 aliphatic heterocycles. The molecule has 0 N–H and O–H groups in total. The largest absolute Gasteiger partial charge is 0.340 e. The molecule has 0 atom stereocenters. The van der Waals surface area contributed by atoms with Crippen molar-refractivity contribution in [2.24, 2.45) is 0 Å². The second-order valence-electron chi connectivity index (χ2n) is 17.1. The minimum Gasteiger partial charge on any atom is -0.340 e. The Kier molecular flexibility index (Phi) is 10.1. The van der Waals surface area contributed by atoms with Crippen LogP contribution in [-0.4, -0.2) is 17.6 Å². The molecule has 65 heavy (non-hydrogen) atoms. The lowest BCUT2D eigenvalue weighted by atomic mass is 10.0. The van der Waals surface area contributed by atoms with E-state index in [0.29, 0.717) is 9.79 Å². The van der Waals surface area contributed by atoms with Crippen molar-refractivity contribution < 1.29 is 8.42 Å². The van der Waals surface area contributed by atoms with Gasteiger partial charge in [0.2, 0.25) is 9.84 Å². The van der Waals surface area contributed by atoms with Gasteiger partial charge in [-0.05, 0) is 95.8 Å². The molecule has 4 heterocycles. The van der Waals surface area contributed by atoms with Gasteiger partial charge in [-0.2, -0.15) is 0 Å². The molecular formula is C56H42Br2N2O2S3. The van der Waals surface area contributed by atoms with Crippen LogP contribution in [0.25, 0.3) is 106 Å². The van der Waals surface area contributed by atoms with Crippen molar-refractivity contribution in [3.8, 4) is 22.3 Å². The highest BCUT2D eigenvalue weighted by molar-refractivity contribution is 9.10. The first-order chi connectivity index (χ1) is 31.7.